The molecule has 0 fully saturated rings. The third kappa shape index (κ3) is 4.67. The number of nitrogens with one attached hydrogen (secondary N) is 1. The van der Waals surface area contributed by atoms with Gasteiger partial charge in [-0.1, -0.05) is 23.8 Å². The van der Waals surface area contributed by atoms with E-state index in [4.69, 9.17) is 14.2 Å². The molecular weight excluding hydrogens is 278 g/mol. The number of hydrogen-bond acceptors (Lipinski definition) is 4. The van der Waals surface area contributed by atoms with Gasteiger partial charge in [-0.05, 0) is 36.8 Å². The molecule has 0 bridgehead atoms. The maximum absolute atomic E-state index is 5.63. The normalized spacial score (nSPS) is 10.3. The standard InChI is InChI=1S/C18H23NO3/c1-14-4-7-16(8-5-14)19-13-15-6-9-17(18(12-15)21-3)22-11-10-20-2/h4-9,12,19H,10-11,13H2,1-3H3. The molecule has 1 N–H and O–H groups in total. The van der Waals surface area contributed by atoms with Gasteiger partial charge in [0, 0.05) is 19.3 Å². The Morgan fingerprint density at radius 3 is 2.36 bits per heavy atom. The van der Waals surface area contributed by atoms with E-state index in [1.54, 1.807) is 14.2 Å². The smallest absolute Gasteiger partial charge is 0.161 e. The fraction of sp³-hybridized carbons (Fsp3) is 0.333. The van der Waals surface area contributed by atoms with Crippen LogP contribution in [-0.4, -0.2) is 27.4 Å². The van der Waals surface area contributed by atoms with E-state index in [0.717, 1.165) is 29.3 Å². The SMILES string of the molecule is COCCOc1ccc(CNc2ccc(C)cc2)cc1OC. The summed E-state index contributed by atoms with van der Waals surface area (Å²) in [5.41, 5.74) is 3.49. The van der Waals surface area contributed by atoms with Gasteiger partial charge in [-0.15, -0.1) is 0 Å². The Hall–Kier alpha value is -2.20. The molecule has 0 radical (unpaired) electrons. The molecule has 0 saturated heterocycles. The summed E-state index contributed by atoms with van der Waals surface area (Å²) in [5.74, 6) is 1.47. The van der Waals surface area contributed by atoms with Crippen LogP contribution in [0.4, 0.5) is 5.69 Å². The van der Waals surface area contributed by atoms with Gasteiger partial charge >= 0.3 is 0 Å². The lowest BCUT2D eigenvalue weighted by Crippen LogP contribution is -2.06. The van der Waals surface area contributed by atoms with Gasteiger partial charge in [0.2, 0.25) is 0 Å². The Labute approximate surface area is 132 Å². The van der Waals surface area contributed by atoms with Gasteiger partial charge in [0.25, 0.3) is 0 Å². The molecule has 118 valence electrons. The average molecular weight is 301 g/mol. The van der Waals surface area contributed by atoms with E-state index >= 15 is 0 Å². The van der Waals surface area contributed by atoms with Crippen molar-refractivity contribution in [3.8, 4) is 11.5 Å². The van der Waals surface area contributed by atoms with E-state index in [1.807, 2.05) is 18.2 Å². The monoisotopic (exact) mass is 301 g/mol. The zero-order valence-electron chi connectivity index (χ0n) is 13.4. The summed E-state index contributed by atoms with van der Waals surface area (Å²) in [5, 5.41) is 3.39. The number of anilines is 1. The summed E-state index contributed by atoms with van der Waals surface area (Å²) in [6.07, 6.45) is 0. The van der Waals surface area contributed by atoms with E-state index in [9.17, 15) is 0 Å². The first-order valence-corrected chi connectivity index (χ1v) is 7.32. The summed E-state index contributed by atoms with van der Waals surface area (Å²) >= 11 is 0. The van der Waals surface area contributed by atoms with Gasteiger partial charge in [-0.3, -0.25) is 0 Å². The van der Waals surface area contributed by atoms with E-state index in [1.165, 1.54) is 5.56 Å². The molecule has 0 spiro atoms. The Morgan fingerprint density at radius 1 is 0.909 bits per heavy atom. The van der Waals surface area contributed by atoms with Gasteiger partial charge in [-0.25, -0.2) is 0 Å². The van der Waals surface area contributed by atoms with Gasteiger partial charge in [-0.2, -0.15) is 0 Å². The maximum Gasteiger partial charge on any atom is 0.161 e. The molecule has 0 atom stereocenters. The summed E-state index contributed by atoms with van der Waals surface area (Å²) in [6.45, 7) is 3.88. The molecule has 4 nitrogen and oxygen atoms in total. The van der Waals surface area contributed by atoms with Crippen LogP contribution in [0, 0.1) is 6.92 Å². The summed E-state index contributed by atoms with van der Waals surface area (Å²) < 4.78 is 16.0. The molecule has 0 aromatic heterocycles. The van der Waals surface area contributed by atoms with Crippen molar-refractivity contribution < 1.29 is 14.2 Å². The van der Waals surface area contributed by atoms with Crippen LogP contribution in [0.3, 0.4) is 0 Å². The third-order valence-electron chi connectivity index (χ3n) is 3.32. The lowest BCUT2D eigenvalue weighted by atomic mass is 10.2. The number of aryl methyl sites for hydroxylation is 1. The van der Waals surface area contributed by atoms with Crippen molar-refractivity contribution in [3.05, 3.63) is 53.6 Å². The molecule has 22 heavy (non-hydrogen) atoms. The molecule has 0 saturated carbocycles. The number of hydrogen-bond donors (Lipinski definition) is 1. The van der Waals surface area contributed by atoms with Crippen molar-refractivity contribution >= 4 is 5.69 Å². The zero-order valence-corrected chi connectivity index (χ0v) is 13.4. The predicted octanol–water partition coefficient (Wildman–Crippen LogP) is 3.64. The third-order valence-corrected chi connectivity index (χ3v) is 3.32. The van der Waals surface area contributed by atoms with Crippen LogP contribution in [0.5, 0.6) is 11.5 Å². The topological polar surface area (TPSA) is 39.7 Å². The Morgan fingerprint density at radius 2 is 1.68 bits per heavy atom. The summed E-state index contributed by atoms with van der Waals surface area (Å²) in [4.78, 5) is 0. The fourth-order valence-corrected chi connectivity index (χ4v) is 2.05. The quantitative estimate of drug-likeness (QED) is 0.756. The van der Waals surface area contributed by atoms with Crippen molar-refractivity contribution in [1.29, 1.82) is 0 Å². The number of ether oxygens (including phenoxy) is 3. The van der Waals surface area contributed by atoms with Crippen LogP contribution in [0.15, 0.2) is 42.5 Å². The van der Waals surface area contributed by atoms with Crippen LogP contribution < -0.4 is 14.8 Å². The van der Waals surface area contributed by atoms with Gasteiger partial charge < -0.3 is 19.5 Å². The molecule has 2 rings (SSSR count). The molecular formula is C18H23NO3. The van der Waals surface area contributed by atoms with Gasteiger partial charge in [0.05, 0.1) is 13.7 Å². The van der Waals surface area contributed by atoms with Crippen LogP contribution in [-0.2, 0) is 11.3 Å². The van der Waals surface area contributed by atoms with Gasteiger partial charge in [0.1, 0.15) is 6.61 Å². The van der Waals surface area contributed by atoms with Crippen LogP contribution in [0.1, 0.15) is 11.1 Å². The van der Waals surface area contributed by atoms with Crippen molar-refractivity contribution in [2.45, 2.75) is 13.5 Å². The zero-order chi connectivity index (χ0) is 15.8. The molecule has 0 aliphatic carbocycles. The van der Waals surface area contributed by atoms with E-state index in [0.29, 0.717) is 13.2 Å². The minimum atomic E-state index is 0.508. The first-order valence-electron chi connectivity index (χ1n) is 7.32. The van der Waals surface area contributed by atoms with Crippen LogP contribution >= 0.6 is 0 Å². The molecule has 4 heteroatoms. The van der Waals surface area contributed by atoms with Crippen LogP contribution in [0.2, 0.25) is 0 Å². The van der Waals surface area contributed by atoms with E-state index < -0.39 is 0 Å². The number of rotatable bonds is 8. The highest BCUT2D eigenvalue weighted by molar-refractivity contribution is 5.47. The first kappa shape index (κ1) is 16.2. The van der Waals surface area contributed by atoms with Crippen molar-refractivity contribution in [3.63, 3.8) is 0 Å². The second-order valence-electron chi connectivity index (χ2n) is 5.05. The molecule has 2 aromatic carbocycles. The number of methoxy groups -OCH3 is 2. The fourth-order valence-electron chi connectivity index (χ4n) is 2.05. The summed E-state index contributed by atoms with van der Waals surface area (Å²) in [7, 11) is 3.30. The Bertz CT molecular complexity index is 581. The second kappa shape index (κ2) is 8.29. The van der Waals surface area contributed by atoms with Crippen LogP contribution in [0.25, 0.3) is 0 Å². The first-order chi connectivity index (χ1) is 10.7. The molecule has 0 aliphatic rings. The largest absolute Gasteiger partial charge is 0.493 e. The van der Waals surface area contributed by atoms with Crippen molar-refractivity contribution in [1.82, 2.24) is 0 Å². The highest BCUT2D eigenvalue weighted by Gasteiger charge is 2.06. The number of benzene rings is 2. The molecule has 0 heterocycles. The highest BCUT2D eigenvalue weighted by atomic mass is 16.5. The lowest BCUT2D eigenvalue weighted by molar-refractivity contribution is 0.144. The van der Waals surface area contributed by atoms with Crippen molar-refractivity contribution in [2.75, 3.05) is 32.8 Å². The highest BCUT2D eigenvalue weighted by Crippen LogP contribution is 2.28. The molecule has 0 amide bonds. The molecule has 0 unspecified atom stereocenters. The Kier molecular flexibility index (Phi) is 6.10. The second-order valence-corrected chi connectivity index (χ2v) is 5.05. The summed E-state index contributed by atoms with van der Waals surface area (Å²) in [6, 6.07) is 14.3. The van der Waals surface area contributed by atoms with E-state index in [-0.39, 0.29) is 0 Å². The maximum atomic E-state index is 5.63. The lowest BCUT2D eigenvalue weighted by Gasteiger charge is -2.13. The minimum absolute atomic E-state index is 0.508. The minimum Gasteiger partial charge on any atom is -0.493 e. The van der Waals surface area contributed by atoms with Gasteiger partial charge in [0.15, 0.2) is 11.5 Å². The molecule has 0 aliphatic heterocycles. The predicted molar refractivity (Wildman–Crippen MR) is 88.9 cm³/mol. The Balaban J connectivity index is 1.97. The average Bonchev–Trinajstić information content (AvgIpc) is 2.55. The van der Waals surface area contributed by atoms with Crippen molar-refractivity contribution in [2.24, 2.45) is 0 Å². The van der Waals surface area contributed by atoms with E-state index in [2.05, 4.69) is 36.5 Å². The molecule has 2 aromatic rings.